The van der Waals surface area contributed by atoms with Gasteiger partial charge in [0.05, 0.1) is 29.6 Å². The first-order valence-electron chi connectivity index (χ1n) is 10.5. The van der Waals surface area contributed by atoms with Crippen LogP contribution in [0.2, 0.25) is 0 Å². The molecule has 6 heteroatoms. The van der Waals surface area contributed by atoms with Crippen LogP contribution in [0.15, 0.2) is 72.9 Å². The van der Waals surface area contributed by atoms with Gasteiger partial charge in [0, 0.05) is 37.1 Å². The van der Waals surface area contributed by atoms with Crippen LogP contribution in [0.25, 0.3) is 10.9 Å². The number of ketones is 1. The molecule has 0 spiro atoms. The van der Waals surface area contributed by atoms with Crippen molar-refractivity contribution < 1.29 is 19.1 Å². The SMILES string of the molecule is COc1cc(N(C(C)=O)c2cn(C(C)=O)c3ccccc23)c(C)cc1C(=O)c1ccccc1. The molecular weight excluding hydrogens is 416 g/mol. The van der Waals surface area contributed by atoms with E-state index in [0.29, 0.717) is 33.8 Å². The standard InChI is InChI=1S/C27H24N2O4/c1-17-14-22(27(32)20-10-6-5-7-11-20)26(33-4)15-24(17)29(19(3)31)25-16-28(18(2)30)23-13-9-8-12-21(23)25/h5-16H,1-4H3. The minimum Gasteiger partial charge on any atom is -0.496 e. The molecule has 0 saturated carbocycles. The molecule has 33 heavy (non-hydrogen) atoms. The number of anilines is 2. The molecule has 1 heterocycles. The fraction of sp³-hybridized carbons (Fsp3) is 0.148. The molecule has 166 valence electrons. The summed E-state index contributed by atoms with van der Waals surface area (Å²) in [5.74, 6) is -0.177. The Morgan fingerprint density at radius 3 is 2.18 bits per heavy atom. The molecule has 1 aromatic heterocycles. The molecule has 0 aliphatic rings. The molecule has 0 bridgehead atoms. The van der Waals surface area contributed by atoms with Gasteiger partial charge in [-0.3, -0.25) is 23.9 Å². The number of amides is 1. The van der Waals surface area contributed by atoms with Crippen molar-refractivity contribution in [3.63, 3.8) is 0 Å². The Morgan fingerprint density at radius 1 is 0.879 bits per heavy atom. The Balaban J connectivity index is 1.90. The van der Waals surface area contributed by atoms with Crippen molar-refractivity contribution in [2.24, 2.45) is 0 Å². The fourth-order valence-electron chi connectivity index (χ4n) is 4.08. The maximum absolute atomic E-state index is 13.1. The monoisotopic (exact) mass is 440 g/mol. The number of rotatable bonds is 5. The van der Waals surface area contributed by atoms with Crippen molar-refractivity contribution in [3.05, 3.63) is 89.6 Å². The molecule has 0 unspecified atom stereocenters. The maximum atomic E-state index is 13.1. The molecule has 6 nitrogen and oxygen atoms in total. The van der Waals surface area contributed by atoms with Crippen LogP contribution in [-0.4, -0.2) is 29.3 Å². The lowest BCUT2D eigenvalue weighted by molar-refractivity contribution is -0.115. The molecule has 0 aliphatic heterocycles. The zero-order chi connectivity index (χ0) is 23.7. The molecule has 0 radical (unpaired) electrons. The summed E-state index contributed by atoms with van der Waals surface area (Å²) in [6.45, 7) is 4.79. The van der Waals surface area contributed by atoms with E-state index in [1.807, 2.05) is 49.4 Å². The minimum absolute atomic E-state index is 0.154. The van der Waals surface area contributed by atoms with Crippen LogP contribution in [0.4, 0.5) is 11.4 Å². The van der Waals surface area contributed by atoms with Gasteiger partial charge in [0.15, 0.2) is 5.78 Å². The van der Waals surface area contributed by atoms with Crippen LogP contribution in [-0.2, 0) is 4.79 Å². The molecule has 0 N–H and O–H groups in total. The van der Waals surface area contributed by atoms with Gasteiger partial charge in [0.25, 0.3) is 0 Å². The number of carbonyl (C=O) groups excluding carboxylic acids is 3. The lowest BCUT2D eigenvalue weighted by atomic mass is 9.99. The second-order valence-corrected chi connectivity index (χ2v) is 7.81. The molecular formula is C27H24N2O4. The highest BCUT2D eigenvalue weighted by molar-refractivity contribution is 6.13. The third kappa shape index (κ3) is 3.91. The van der Waals surface area contributed by atoms with E-state index in [0.717, 1.165) is 10.9 Å². The first kappa shape index (κ1) is 22.0. The summed E-state index contributed by atoms with van der Waals surface area (Å²) in [5.41, 5.74) is 3.57. The number of aromatic nitrogens is 1. The molecule has 1 amide bonds. The number of methoxy groups -OCH3 is 1. The third-order valence-corrected chi connectivity index (χ3v) is 5.63. The second kappa shape index (κ2) is 8.74. The lowest BCUT2D eigenvalue weighted by Gasteiger charge is -2.24. The van der Waals surface area contributed by atoms with Gasteiger partial charge in [0.1, 0.15) is 5.75 Å². The van der Waals surface area contributed by atoms with Gasteiger partial charge in [-0.05, 0) is 24.6 Å². The maximum Gasteiger partial charge on any atom is 0.228 e. The Kier molecular flexibility index (Phi) is 5.84. The third-order valence-electron chi connectivity index (χ3n) is 5.63. The van der Waals surface area contributed by atoms with Gasteiger partial charge in [-0.1, -0.05) is 48.5 Å². The van der Waals surface area contributed by atoms with Crippen molar-refractivity contribution in [1.29, 1.82) is 0 Å². The van der Waals surface area contributed by atoms with E-state index in [1.54, 1.807) is 35.4 Å². The molecule has 0 aliphatic carbocycles. The van der Waals surface area contributed by atoms with Gasteiger partial charge in [0.2, 0.25) is 11.8 Å². The van der Waals surface area contributed by atoms with Crippen molar-refractivity contribution in [3.8, 4) is 5.75 Å². The summed E-state index contributed by atoms with van der Waals surface area (Å²) < 4.78 is 7.09. The van der Waals surface area contributed by atoms with Crippen molar-refractivity contribution in [1.82, 2.24) is 4.57 Å². The number of hydrogen-bond acceptors (Lipinski definition) is 4. The average molecular weight is 440 g/mol. The second-order valence-electron chi connectivity index (χ2n) is 7.81. The van der Waals surface area contributed by atoms with Gasteiger partial charge in [-0.2, -0.15) is 0 Å². The van der Waals surface area contributed by atoms with Gasteiger partial charge in [-0.25, -0.2) is 0 Å². The average Bonchev–Trinajstić information content (AvgIpc) is 3.19. The zero-order valence-electron chi connectivity index (χ0n) is 19.0. The summed E-state index contributed by atoms with van der Waals surface area (Å²) in [4.78, 5) is 39.8. The highest BCUT2D eigenvalue weighted by atomic mass is 16.5. The summed E-state index contributed by atoms with van der Waals surface area (Å²) in [6, 6.07) is 19.8. The molecule has 4 aromatic rings. The van der Waals surface area contributed by atoms with Crippen LogP contribution in [0.1, 0.15) is 40.1 Å². The van der Waals surface area contributed by atoms with E-state index in [1.165, 1.54) is 25.5 Å². The molecule has 0 fully saturated rings. The summed E-state index contributed by atoms with van der Waals surface area (Å²) in [5, 5.41) is 0.769. The van der Waals surface area contributed by atoms with Crippen molar-refractivity contribution in [2.75, 3.05) is 12.0 Å². The molecule has 4 rings (SSSR count). The van der Waals surface area contributed by atoms with Crippen LogP contribution in [0.5, 0.6) is 5.75 Å². The van der Waals surface area contributed by atoms with Crippen LogP contribution < -0.4 is 9.64 Å². The summed E-state index contributed by atoms with van der Waals surface area (Å²) in [7, 11) is 1.50. The van der Waals surface area contributed by atoms with Gasteiger partial charge < -0.3 is 4.74 Å². The highest BCUT2D eigenvalue weighted by Crippen LogP contribution is 2.39. The van der Waals surface area contributed by atoms with Crippen LogP contribution in [0.3, 0.4) is 0 Å². The topological polar surface area (TPSA) is 68.6 Å². The van der Waals surface area contributed by atoms with E-state index in [-0.39, 0.29) is 17.6 Å². The van der Waals surface area contributed by atoms with Crippen molar-refractivity contribution >= 4 is 39.9 Å². The molecule has 0 atom stereocenters. The number of aryl methyl sites for hydroxylation is 1. The first-order chi connectivity index (χ1) is 15.8. The number of benzene rings is 3. The van der Waals surface area contributed by atoms with E-state index in [9.17, 15) is 14.4 Å². The van der Waals surface area contributed by atoms with Gasteiger partial charge in [-0.15, -0.1) is 0 Å². The van der Waals surface area contributed by atoms with Crippen LogP contribution >= 0.6 is 0 Å². The van der Waals surface area contributed by atoms with E-state index < -0.39 is 0 Å². The Morgan fingerprint density at radius 2 is 1.55 bits per heavy atom. The number of nitrogens with zero attached hydrogens (tertiary/aromatic N) is 2. The Bertz CT molecular complexity index is 1390. The van der Waals surface area contributed by atoms with E-state index >= 15 is 0 Å². The Hall–Kier alpha value is -4.19. The fourth-order valence-corrected chi connectivity index (χ4v) is 4.08. The number of ether oxygens (including phenoxy) is 1. The van der Waals surface area contributed by atoms with E-state index in [2.05, 4.69) is 0 Å². The predicted octanol–water partition coefficient (Wildman–Crippen LogP) is 5.53. The van der Waals surface area contributed by atoms with E-state index in [4.69, 9.17) is 4.74 Å². The molecule has 3 aromatic carbocycles. The Labute approximate surface area is 192 Å². The number of para-hydroxylation sites is 1. The highest BCUT2D eigenvalue weighted by Gasteiger charge is 2.25. The smallest absolute Gasteiger partial charge is 0.228 e. The van der Waals surface area contributed by atoms with Crippen molar-refractivity contribution in [2.45, 2.75) is 20.8 Å². The molecule has 0 saturated heterocycles. The lowest BCUT2D eigenvalue weighted by Crippen LogP contribution is -2.24. The number of fused-ring (bicyclic) bond motifs is 1. The normalized spacial score (nSPS) is 10.8. The predicted molar refractivity (Wildman–Crippen MR) is 129 cm³/mol. The summed E-state index contributed by atoms with van der Waals surface area (Å²) >= 11 is 0. The summed E-state index contributed by atoms with van der Waals surface area (Å²) in [6.07, 6.45) is 1.67. The number of hydrogen-bond donors (Lipinski definition) is 0. The first-order valence-corrected chi connectivity index (χ1v) is 10.5. The van der Waals surface area contributed by atoms with Crippen LogP contribution in [0, 0.1) is 6.92 Å². The minimum atomic E-state index is -0.228. The number of carbonyl (C=O) groups is 3. The zero-order valence-corrected chi connectivity index (χ0v) is 19.0. The largest absolute Gasteiger partial charge is 0.496 e. The quantitative estimate of drug-likeness (QED) is 0.383. The van der Waals surface area contributed by atoms with Gasteiger partial charge >= 0.3 is 0 Å².